The van der Waals surface area contributed by atoms with E-state index in [-0.39, 0.29) is 7.33 Å². The van der Waals surface area contributed by atoms with Crippen LogP contribution in [0.5, 0.6) is 0 Å². The standard InChI is InChI=1S/C18H24N4O.H2/c1-12(2)22-17-8-9-21(14(4)23)11-16(17)18(20-22)19-15-7-5-6-13(3)10-15;/h5-7,10,12H,8-9,11H2,1-4H3,(H,19,20);1H. The number of hydrogen-bond donors (Lipinski definition) is 1. The molecule has 0 bridgehead atoms. The van der Waals surface area contributed by atoms with E-state index in [9.17, 15) is 4.79 Å². The first-order chi connectivity index (χ1) is 11.0. The first-order valence-electron chi connectivity index (χ1n) is 8.15. The normalized spacial score (nSPS) is 14.0. The van der Waals surface area contributed by atoms with Gasteiger partial charge >= 0.3 is 0 Å². The lowest BCUT2D eigenvalue weighted by Gasteiger charge is -2.27. The quantitative estimate of drug-likeness (QED) is 0.940. The lowest BCUT2D eigenvalue weighted by atomic mass is 10.1. The van der Waals surface area contributed by atoms with Crippen molar-refractivity contribution in [1.29, 1.82) is 0 Å². The number of hydrogen-bond acceptors (Lipinski definition) is 3. The molecule has 2 heterocycles. The largest absolute Gasteiger partial charge is 0.338 e. The molecular weight excluding hydrogens is 288 g/mol. The second kappa shape index (κ2) is 6.07. The van der Waals surface area contributed by atoms with Gasteiger partial charge in [0.05, 0.1) is 6.54 Å². The van der Waals surface area contributed by atoms with Crippen LogP contribution in [-0.4, -0.2) is 27.1 Å². The summed E-state index contributed by atoms with van der Waals surface area (Å²) >= 11 is 0. The van der Waals surface area contributed by atoms with Gasteiger partial charge in [0, 0.05) is 44.3 Å². The first-order valence-corrected chi connectivity index (χ1v) is 8.15. The summed E-state index contributed by atoms with van der Waals surface area (Å²) in [7, 11) is 0. The third kappa shape index (κ3) is 3.09. The Hall–Kier alpha value is -2.30. The third-order valence-electron chi connectivity index (χ3n) is 4.30. The lowest BCUT2D eigenvalue weighted by molar-refractivity contribution is -0.129. The minimum Gasteiger partial charge on any atom is -0.338 e. The van der Waals surface area contributed by atoms with Gasteiger partial charge in [-0.3, -0.25) is 9.48 Å². The second-order valence-electron chi connectivity index (χ2n) is 6.50. The number of fused-ring (bicyclic) bond motifs is 1. The Morgan fingerprint density at radius 1 is 1.39 bits per heavy atom. The molecule has 1 aromatic carbocycles. The monoisotopic (exact) mass is 314 g/mol. The van der Waals surface area contributed by atoms with E-state index in [0.717, 1.165) is 30.0 Å². The zero-order chi connectivity index (χ0) is 16.6. The number of carbonyl (C=O) groups excluding carboxylic acids is 1. The zero-order valence-electron chi connectivity index (χ0n) is 14.3. The van der Waals surface area contributed by atoms with Crippen molar-refractivity contribution in [2.75, 3.05) is 11.9 Å². The van der Waals surface area contributed by atoms with E-state index in [1.807, 2.05) is 17.0 Å². The Morgan fingerprint density at radius 2 is 2.17 bits per heavy atom. The van der Waals surface area contributed by atoms with Crippen molar-refractivity contribution in [1.82, 2.24) is 14.7 Å². The average Bonchev–Trinajstić information content (AvgIpc) is 2.85. The van der Waals surface area contributed by atoms with Gasteiger partial charge in [-0.15, -0.1) is 0 Å². The number of amides is 1. The molecule has 3 rings (SSSR count). The van der Waals surface area contributed by atoms with Crippen molar-refractivity contribution in [2.24, 2.45) is 0 Å². The highest BCUT2D eigenvalue weighted by Crippen LogP contribution is 2.30. The van der Waals surface area contributed by atoms with Crippen LogP contribution in [0.1, 0.15) is 45.1 Å². The van der Waals surface area contributed by atoms with Crippen molar-refractivity contribution < 1.29 is 6.22 Å². The molecule has 1 aromatic heterocycles. The van der Waals surface area contributed by atoms with Crippen molar-refractivity contribution in [3.8, 4) is 0 Å². The van der Waals surface area contributed by atoms with Gasteiger partial charge in [-0.05, 0) is 38.5 Å². The number of nitrogens with one attached hydrogen (secondary N) is 1. The first kappa shape index (κ1) is 15.6. The average molecular weight is 314 g/mol. The molecule has 5 nitrogen and oxygen atoms in total. The molecule has 124 valence electrons. The Morgan fingerprint density at radius 3 is 2.83 bits per heavy atom. The number of nitrogens with zero attached hydrogens (tertiary/aromatic N) is 3. The minimum atomic E-state index is 0. The van der Waals surface area contributed by atoms with Crippen LogP contribution < -0.4 is 5.32 Å². The summed E-state index contributed by atoms with van der Waals surface area (Å²) in [6.45, 7) is 9.38. The van der Waals surface area contributed by atoms with Crippen LogP contribution in [-0.2, 0) is 17.8 Å². The van der Waals surface area contributed by atoms with Gasteiger partial charge in [0.25, 0.3) is 0 Å². The smallest absolute Gasteiger partial charge is 0.219 e. The van der Waals surface area contributed by atoms with Gasteiger partial charge in [-0.2, -0.15) is 5.10 Å². The van der Waals surface area contributed by atoms with Gasteiger partial charge < -0.3 is 10.2 Å². The Bertz CT molecular complexity index is 739. The minimum absolute atomic E-state index is 0. The highest BCUT2D eigenvalue weighted by molar-refractivity contribution is 5.74. The molecule has 0 aliphatic carbocycles. The van der Waals surface area contributed by atoms with Gasteiger partial charge in [-0.1, -0.05) is 12.1 Å². The lowest BCUT2D eigenvalue weighted by Crippen LogP contribution is -2.34. The van der Waals surface area contributed by atoms with Crippen LogP contribution >= 0.6 is 0 Å². The summed E-state index contributed by atoms with van der Waals surface area (Å²) in [5.74, 6) is 0.986. The predicted octanol–water partition coefficient (Wildman–Crippen LogP) is 3.67. The number of benzene rings is 1. The molecule has 0 saturated carbocycles. The summed E-state index contributed by atoms with van der Waals surface area (Å²) in [5.41, 5.74) is 4.62. The molecule has 0 radical (unpaired) electrons. The maximum atomic E-state index is 11.7. The third-order valence-corrected chi connectivity index (χ3v) is 4.30. The molecular formula is C18H26N4O. The van der Waals surface area contributed by atoms with E-state index in [1.165, 1.54) is 11.3 Å². The van der Waals surface area contributed by atoms with Gasteiger partial charge in [0.2, 0.25) is 5.91 Å². The van der Waals surface area contributed by atoms with E-state index in [0.29, 0.717) is 12.6 Å². The van der Waals surface area contributed by atoms with Gasteiger partial charge in [0.1, 0.15) is 0 Å². The summed E-state index contributed by atoms with van der Waals surface area (Å²) in [5, 5.41) is 8.22. The van der Waals surface area contributed by atoms with Crippen LogP contribution in [0, 0.1) is 6.92 Å². The molecule has 1 N–H and O–H groups in total. The summed E-state index contributed by atoms with van der Waals surface area (Å²) in [6.07, 6.45) is 0.857. The SMILES string of the molecule is CC(=O)N1CCc2c(c(Nc3cccc(C)c3)nn2C(C)C)C1.[HH]. The van der Waals surface area contributed by atoms with Crippen molar-refractivity contribution in [2.45, 2.75) is 46.7 Å². The zero-order valence-corrected chi connectivity index (χ0v) is 14.3. The highest BCUT2D eigenvalue weighted by Gasteiger charge is 2.27. The van der Waals surface area contributed by atoms with Crippen molar-refractivity contribution >= 4 is 17.4 Å². The predicted molar refractivity (Wildman–Crippen MR) is 94.0 cm³/mol. The van der Waals surface area contributed by atoms with Crippen LogP contribution in [0.3, 0.4) is 0 Å². The van der Waals surface area contributed by atoms with Crippen LogP contribution in [0.15, 0.2) is 24.3 Å². The Balaban J connectivity index is 0.00000208. The number of aromatic nitrogens is 2. The molecule has 5 heteroatoms. The van der Waals surface area contributed by atoms with Crippen LogP contribution in [0.25, 0.3) is 0 Å². The fourth-order valence-electron chi connectivity index (χ4n) is 3.10. The van der Waals surface area contributed by atoms with E-state index < -0.39 is 0 Å². The molecule has 0 saturated heterocycles. The Labute approximate surface area is 138 Å². The van der Waals surface area contributed by atoms with E-state index in [2.05, 4.69) is 42.9 Å². The maximum absolute atomic E-state index is 11.7. The number of carbonyl (C=O) groups is 1. The number of aryl methyl sites for hydroxylation is 1. The molecule has 0 fully saturated rings. The van der Waals surface area contributed by atoms with E-state index in [4.69, 9.17) is 5.10 Å². The number of rotatable bonds is 3. The second-order valence-corrected chi connectivity index (χ2v) is 6.50. The summed E-state index contributed by atoms with van der Waals surface area (Å²) in [6, 6.07) is 8.56. The van der Waals surface area contributed by atoms with Crippen LogP contribution in [0.4, 0.5) is 11.5 Å². The maximum Gasteiger partial charge on any atom is 0.219 e. The Kier molecular flexibility index (Phi) is 4.11. The molecule has 23 heavy (non-hydrogen) atoms. The van der Waals surface area contributed by atoms with Crippen molar-refractivity contribution in [3.63, 3.8) is 0 Å². The summed E-state index contributed by atoms with van der Waals surface area (Å²) < 4.78 is 2.09. The van der Waals surface area contributed by atoms with E-state index in [1.54, 1.807) is 6.92 Å². The van der Waals surface area contributed by atoms with Crippen LogP contribution in [0.2, 0.25) is 0 Å². The molecule has 1 amide bonds. The molecule has 0 unspecified atom stereocenters. The van der Waals surface area contributed by atoms with Gasteiger partial charge in [-0.25, -0.2) is 0 Å². The molecule has 0 spiro atoms. The van der Waals surface area contributed by atoms with E-state index >= 15 is 0 Å². The number of anilines is 2. The summed E-state index contributed by atoms with van der Waals surface area (Å²) in [4.78, 5) is 13.6. The molecule has 1 aliphatic heterocycles. The molecule has 1 aliphatic rings. The molecule has 2 aromatic rings. The van der Waals surface area contributed by atoms with Gasteiger partial charge in [0.15, 0.2) is 5.82 Å². The fourth-order valence-corrected chi connectivity index (χ4v) is 3.10. The fraction of sp³-hybridized carbons (Fsp3) is 0.444. The molecule has 0 atom stereocenters. The highest BCUT2D eigenvalue weighted by atomic mass is 16.2. The topological polar surface area (TPSA) is 50.2 Å². The van der Waals surface area contributed by atoms with Crippen molar-refractivity contribution in [3.05, 3.63) is 41.1 Å².